The number of nitrogens with zero attached hydrogens (tertiary/aromatic N) is 3. The zero-order chi connectivity index (χ0) is 18.4. The number of hydrogen-bond donors (Lipinski definition) is 1. The summed E-state index contributed by atoms with van der Waals surface area (Å²) in [4.78, 5) is 33.3. The van der Waals surface area contributed by atoms with E-state index < -0.39 is 17.7 Å². The summed E-state index contributed by atoms with van der Waals surface area (Å²) in [5.41, 5.74) is 0.444. The maximum atomic E-state index is 12.5. The van der Waals surface area contributed by atoms with Gasteiger partial charge in [0.05, 0.1) is 24.5 Å². The lowest BCUT2D eigenvalue weighted by Crippen LogP contribution is -2.36. The summed E-state index contributed by atoms with van der Waals surface area (Å²) in [6.45, 7) is 5.70. The van der Waals surface area contributed by atoms with Crippen molar-refractivity contribution in [2.45, 2.75) is 39.5 Å². The van der Waals surface area contributed by atoms with Crippen LogP contribution >= 0.6 is 0 Å². The second-order valence-electron chi connectivity index (χ2n) is 6.48. The Hall–Kier alpha value is -2.96. The molecule has 1 N–H and O–H groups in total. The standard InChI is InChI=1S/C18H21N3O4/c1-18(2,3)25-17(24)21(11-13-7-4-5-10-19-13)12-14-8-6-9-15(20-14)16(22)23/h4-10H,11-12H2,1-3H3,(H,22,23). The van der Waals surface area contributed by atoms with Gasteiger partial charge in [0, 0.05) is 6.20 Å². The maximum Gasteiger partial charge on any atom is 0.410 e. The van der Waals surface area contributed by atoms with Crippen LogP contribution in [0.4, 0.5) is 4.79 Å². The van der Waals surface area contributed by atoms with Gasteiger partial charge in [-0.05, 0) is 45.0 Å². The average molecular weight is 343 g/mol. The van der Waals surface area contributed by atoms with Crippen molar-refractivity contribution >= 4 is 12.1 Å². The van der Waals surface area contributed by atoms with Crippen LogP contribution in [0, 0.1) is 0 Å². The lowest BCUT2D eigenvalue weighted by Gasteiger charge is -2.27. The Balaban J connectivity index is 2.23. The number of carboxylic acid groups (broad SMARTS) is 1. The zero-order valence-corrected chi connectivity index (χ0v) is 14.5. The van der Waals surface area contributed by atoms with Crippen LogP contribution < -0.4 is 0 Å². The molecule has 0 aliphatic carbocycles. The van der Waals surface area contributed by atoms with Gasteiger partial charge in [-0.3, -0.25) is 9.88 Å². The fourth-order valence-electron chi connectivity index (χ4n) is 2.08. The minimum Gasteiger partial charge on any atom is -0.477 e. The van der Waals surface area contributed by atoms with Gasteiger partial charge in [-0.2, -0.15) is 0 Å². The average Bonchev–Trinajstić information content (AvgIpc) is 2.54. The van der Waals surface area contributed by atoms with Crippen LogP contribution in [0.15, 0.2) is 42.6 Å². The van der Waals surface area contributed by atoms with E-state index in [0.717, 1.165) is 0 Å². The van der Waals surface area contributed by atoms with E-state index >= 15 is 0 Å². The van der Waals surface area contributed by atoms with Crippen molar-refractivity contribution in [3.63, 3.8) is 0 Å². The number of amides is 1. The van der Waals surface area contributed by atoms with Crippen LogP contribution in [-0.2, 0) is 17.8 Å². The molecule has 7 heteroatoms. The van der Waals surface area contributed by atoms with E-state index in [4.69, 9.17) is 9.84 Å². The van der Waals surface area contributed by atoms with Crippen molar-refractivity contribution in [2.24, 2.45) is 0 Å². The molecule has 0 atom stereocenters. The Morgan fingerprint density at radius 1 is 1.08 bits per heavy atom. The number of carbonyl (C=O) groups is 2. The van der Waals surface area contributed by atoms with Gasteiger partial charge in [-0.15, -0.1) is 0 Å². The third kappa shape index (κ3) is 5.87. The van der Waals surface area contributed by atoms with E-state index in [0.29, 0.717) is 11.4 Å². The summed E-state index contributed by atoms with van der Waals surface area (Å²) in [7, 11) is 0. The van der Waals surface area contributed by atoms with Crippen LogP contribution in [0.2, 0.25) is 0 Å². The summed E-state index contributed by atoms with van der Waals surface area (Å²) < 4.78 is 5.44. The Morgan fingerprint density at radius 3 is 2.36 bits per heavy atom. The van der Waals surface area contributed by atoms with E-state index in [-0.39, 0.29) is 18.8 Å². The summed E-state index contributed by atoms with van der Waals surface area (Å²) in [5, 5.41) is 9.06. The molecule has 0 radical (unpaired) electrons. The second-order valence-corrected chi connectivity index (χ2v) is 6.48. The minimum atomic E-state index is -1.12. The SMILES string of the molecule is CC(C)(C)OC(=O)N(Cc1ccccn1)Cc1cccc(C(=O)O)n1. The minimum absolute atomic E-state index is 0.0699. The summed E-state index contributed by atoms with van der Waals surface area (Å²) in [5.74, 6) is -1.12. The van der Waals surface area contributed by atoms with Crippen molar-refractivity contribution in [1.29, 1.82) is 0 Å². The number of ether oxygens (including phenoxy) is 1. The van der Waals surface area contributed by atoms with Crippen molar-refractivity contribution in [2.75, 3.05) is 0 Å². The van der Waals surface area contributed by atoms with E-state index in [9.17, 15) is 9.59 Å². The fourth-order valence-corrected chi connectivity index (χ4v) is 2.08. The Morgan fingerprint density at radius 2 is 1.76 bits per heavy atom. The van der Waals surface area contributed by atoms with Crippen LogP contribution in [0.25, 0.3) is 0 Å². The molecule has 0 unspecified atom stereocenters. The highest BCUT2D eigenvalue weighted by atomic mass is 16.6. The highest BCUT2D eigenvalue weighted by molar-refractivity contribution is 5.85. The molecule has 2 aromatic heterocycles. The molecule has 0 spiro atoms. The van der Waals surface area contributed by atoms with E-state index in [1.54, 1.807) is 51.2 Å². The topological polar surface area (TPSA) is 92.6 Å². The van der Waals surface area contributed by atoms with Gasteiger partial charge in [0.15, 0.2) is 0 Å². The molecule has 0 bridgehead atoms. The number of carboxylic acids is 1. The van der Waals surface area contributed by atoms with Crippen molar-refractivity contribution in [3.05, 3.63) is 59.7 Å². The number of hydrogen-bond acceptors (Lipinski definition) is 5. The molecule has 0 aliphatic rings. The van der Waals surface area contributed by atoms with Crippen LogP contribution in [0.5, 0.6) is 0 Å². The first-order valence-electron chi connectivity index (χ1n) is 7.81. The van der Waals surface area contributed by atoms with E-state index in [1.807, 2.05) is 6.07 Å². The predicted octanol–water partition coefficient (Wildman–Crippen LogP) is 3.11. The molecule has 2 rings (SSSR count). The van der Waals surface area contributed by atoms with Gasteiger partial charge in [-0.25, -0.2) is 14.6 Å². The first kappa shape index (κ1) is 18.4. The maximum absolute atomic E-state index is 12.5. The molecule has 0 saturated heterocycles. The van der Waals surface area contributed by atoms with Crippen molar-refractivity contribution < 1.29 is 19.4 Å². The van der Waals surface area contributed by atoms with Gasteiger partial charge in [0.2, 0.25) is 0 Å². The number of aromatic nitrogens is 2. The molecule has 0 aliphatic heterocycles. The molecule has 7 nitrogen and oxygen atoms in total. The Bertz CT molecular complexity index is 741. The van der Waals surface area contributed by atoms with Gasteiger partial charge in [0.1, 0.15) is 11.3 Å². The molecule has 25 heavy (non-hydrogen) atoms. The van der Waals surface area contributed by atoms with Crippen molar-refractivity contribution in [3.8, 4) is 0 Å². The summed E-state index contributed by atoms with van der Waals surface area (Å²) in [6, 6.07) is 10.1. The molecule has 132 valence electrons. The molecule has 1 amide bonds. The summed E-state index contributed by atoms with van der Waals surface area (Å²) in [6.07, 6.45) is 1.13. The molecular formula is C18H21N3O4. The molecule has 2 aromatic rings. The summed E-state index contributed by atoms with van der Waals surface area (Å²) >= 11 is 0. The molecule has 0 aromatic carbocycles. The molecular weight excluding hydrogens is 322 g/mol. The van der Waals surface area contributed by atoms with Gasteiger partial charge in [0.25, 0.3) is 0 Å². The van der Waals surface area contributed by atoms with Crippen LogP contribution in [-0.4, -0.2) is 37.6 Å². The highest BCUT2D eigenvalue weighted by Gasteiger charge is 2.23. The van der Waals surface area contributed by atoms with Gasteiger partial charge < -0.3 is 9.84 Å². The smallest absolute Gasteiger partial charge is 0.410 e. The Kier molecular flexibility index (Phi) is 5.69. The van der Waals surface area contributed by atoms with E-state index in [1.165, 1.54) is 11.0 Å². The number of pyridine rings is 2. The predicted molar refractivity (Wildman–Crippen MR) is 90.9 cm³/mol. The fraction of sp³-hybridized carbons (Fsp3) is 0.333. The van der Waals surface area contributed by atoms with Crippen LogP contribution in [0.3, 0.4) is 0 Å². The number of carbonyl (C=O) groups excluding carboxylic acids is 1. The zero-order valence-electron chi connectivity index (χ0n) is 14.5. The normalized spacial score (nSPS) is 11.0. The molecule has 2 heterocycles. The van der Waals surface area contributed by atoms with E-state index in [2.05, 4.69) is 9.97 Å². The quantitative estimate of drug-likeness (QED) is 0.897. The molecule has 0 fully saturated rings. The lowest BCUT2D eigenvalue weighted by atomic mass is 10.2. The Labute approximate surface area is 146 Å². The first-order chi connectivity index (χ1) is 11.7. The van der Waals surface area contributed by atoms with Gasteiger partial charge >= 0.3 is 12.1 Å². The highest BCUT2D eigenvalue weighted by Crippen LogP contribution is 2.14. The lowest BCUT2D eigenvalue weighted by molar-refractivity contribution is 0.0211. The van der Waals surface area contributed by atoms with Gasteiger partial charge in [-0.1, -0.05) is 12.1 Å². The second kappa shape index (κ2) is 7.74. The third-order valence-corrected chi connectivity index (χ3v) is 3.11. The third-order valence-electron chi connectivity index (χ3n) is 3.11. The largest absolute Gasteiger partial charge is 0.477 e. The first-order valence-corrected chi connectivity index (χ1v) is 7.81. The molecule has 0 saturated carbocycles. The monoisotopic (exact) mass is 343 g/mol. The number of rotatable bonds is 5. The number of aromatic carboxylic acids is 1. The van der Waals surface area contributed by atoms with Crippen molar-refractivity contribution in [1.82, 2.24) is 14.9 Å². The van der Waals surface area contributed by atoms with Crippen LogP contribution in [0.1, 0.15) is 42.6 Å².